The SMILES string of the molecule is CC1CCCCC1NC(=O)C1CCN(S(=O)(=O)c2cccs2)CC1. The second-order valence-corrected chi connectivity index (χ2v) is 10.1. The molecule has 2 aliphatic rings. The van der Waals surface area contributed by atoms with Crippen LogP contribution in [0.4, 0.5) is 0 Å². The fourth-order valence-corrected chi connectivity index (χ4v) is 6.34. The lowest BCUT2D eigenvalue weighted by atomic mass is 9.85. The molecule has 3 rings (SSSR count). The van der Waals surface area contributed by atoms with Crippen molar-refractivity contribution in [2.75, 3.05) is 13.1 Å². The lowest BCUT2D eigenvalue weighted by molar-refractivity contribution is -0.127. The van der Waals surface area contributed by atoms with E-state index in [4.69, 9.17) is 0 Å². The van der Waals surface area contributed by atoms with E-state index in [9.17, 15) is 13.2 Å². The highest BCUT2D eigenvalue weighted by Crippen LogP contribution is 2.28. The summed E-state index contributed by atoms with van der Waals surface area (Å²) in [6.45, 7) is 3.07. The number of piperidine rings is 1. The first kappa shape index (κ1) is 17.9. The largest absolute Gasteiger partial charge is 0.353 e. The van der Waals surface area contributed by atoms with Gasteiger partial charge in [-0.1, -0.05) is 25.8 Å². The Kier molecular flexibility index (Phi) is 5.62. The zero-order chi connectivity index (χ0) is 17.2. The summed E-state index contributed by atoms with van der Waals surface area (Å²) in [6.07, 6.45) is 5.91. The number of carbonyl (C=O) groups excluding carboxylic acids is 1. The Hall–Kier alpha value is -0.920. The summed E-state index contributed by atoms with van der Waals surface area (Å²) >= 11 is 1.25. The third kappa shape index (κ3) is 3.83. The predicted octanol–water partition coefficient (Wildman–Crippen LogP) is 2.84. The maximum atomic E-state index is 12.5. The van der Waals surface area contributed by atoms with Crippen LogP contribution in [0.2, 0.25) is 0 Å². The first-order valence-electron chi connectivity index (χ1n) is 8.82. The van der Waals surface area contributed by atoms with Crippen molar-refractivity contribution in [2.45, 2.75) is 55.7 Å². The smallest absolute Gasteiger partial charge is 0.252 e. The lowest BCUT2D eigenvalue weighted by Crippen LogP contribution is -2.47. The van der Waals surface area contributed by atoms with Crippen molar-refractivity contribution in [2.24, 2.45) is 11.8 Å². The number of hydrogen-bond donors (Lipinski definition) is 1. The molecule has 24 heavy (non-hydrogen) atoms. The Morgan fingerprint density at radius 1 is 1.21 bits per heavy atom. The Bertz CT molecular complexity index is 649. The molecule has 1 aromatic rings. The van der Waals surface area contributed by atoms with E-state index < -0.39 is 10.0 Å². The minimum absolute atomic E-state index is 0.0612. The minimum Gasteiger partial charge on any atom is -0.353 e. The summed E-state index contributed by atoms with van der Waals surface area (Å²) in [6, 6.07) is 3.69. The summed E-state index contributed by atoms with van der Waals surface area (Å²) in [7, 11) is -3.38. The Morgan fingerprint density at radius 2 is 1.92 bits per heavy atom. The monoisotopic (exact) mass is 370 g/mol. The molecule has 1 N–H and O–H groups in total. The predicted molar refractivity (Wildman–Crippen MR) is 95.4 cm³/mol. The van der Waals surface area contributed by atoms with Gasteiger partial charge in [0.1, 0.15) is 4.21 Å². The highest BCUT2D eigenvalue weighted by molar-refractivity contribution is 7.91. The van der Waals surface area contributed by atoms with Crippen LogP contribution in [-0.2, 0) is 14.8 Å². The average molecular weight is 371 g/mol. The van der Waals surface area contributed by atoms with Crippen LogP contribution in [0.5, 0.6) is 0 Å². The number of nitrogens with one attached hydrogen (secondary N) is 1. The zero-order valence-corrected chi connectivity index (χ0v) is 15.7. The molecule has 0 aromatic carbocycles. The molecule has 1 aliphatic carbocycles. The van der Waals surface area contributed by atoms with Crippen LogP contribution >= 0.6 is 11.3 Å². The van der Waals surface area contributed by atoms with Gasteiger partial charge in [0, 0.05) is 25.0 Å². The molecule has 2 heterocycles. The Morgan fingerprint density at radius 3 is 2.54 bits per heavy atom. The quantitative estimate of drug-likeness (QED) is 0.886. The molecule has 5 nitrogen and oxygen atoms in total. The summed E-state index contributed by atoms with van der Waals surface area (Å²) in [5.41, 5.74) is 0. The van der Waals surface area contributed by atoms with Gasteiger partial charge in [-0.05, 0) is 43.0 Å². The van der Waals surface area contributed by atoms with E-state index in [-0.39, 0.29) is 11.8 Å². The van der Waals surface area contributed by atoms with Crippen molar-refractivity contribution in [1.82, 2.24) is 9.62 Å². The number of nitrogens with zero attached hydrogens (tertiary/aromatic N) is 1. The number of rotatable bonds is 4. The first-order chi connectivity index (χ1) is 11.5. The van der Waals surface area contributed by atoms with Crippen molar-refractivity contribution < 1.29 is 13.2 Å². The summed E-state index contributed by atoms with van der Waals surface area (Å²) in [4.78, 5) is 12.5. The summed E-state index contributed by atoms with van der Waals surface area (Å²) < 4.78 is 27.0. The molecule has 2 atom stereocenters. The van der Waals surface area contributed by atoms with Gasteiger partial charge in [0.25, 0.3) is 10.0 Å². The van der Waals surface area contributed by atoms with Crippen LogP contribution in [0.15, 0.2) is 21.7 Å². The molecular formula is C17H26N2O3S2. The second-order valence-electron chi connectivity index (χ2n) is 6.99. The van der Waals surface area contributed by atoms with Gasteiger partial charge >= 0.3 is 0 Å². The standard InChI is InChI=1S/C17H26N2O3S2/c1-13-5-2-3-6-15(13)18-17(20)14-8-10-19(11-9-14)24(21,22)16-7-4-12-23-16/h4,7,12-15H,2-3,5-6,8-11H2,1H3,(H,18,20). The van der Waals surface area contributed by atoms with E-state index in [0.717, 1.165) is 6.42 Å². The summed E-state index contributed by atoms with van der Waals surface area (Å²) in [5, 5.41) is 4.99. The average Bonchev–Trinajstić information content (AvgIpc) is 3.12. The van der Waals surface area contributed by atoms with Gasteiger partial charge in [0.15, 0.2) is 0 Å². The van der Waals surface area contributed by atoms with Crippen LogP contribution in [0, 0.1) is 11.8 Å². The van der Waals surface area contributed by atoms with Gasteiger partial charge in [0.2, 0.25) is 5.91 Å². The molecular weight excluding hydrogens is 344 g/mol. The van der Waals surface area contributed by atoms with E-state index in [1.165, 1.54) is 34.9 Å². The molecule has 134 valence electrons. The highest BCUT2D eigenvalue weighted by Gasteiger charge is 2.33. The zero-order valence-electron chi connectivity index (χ0n) is 14.1. The molecule has 7 heteroatoms. The van der Waals surface area contributed by atoms with Crippen LogP contribution in [0.25, 0.3) is 0 Å². The number of carbonyl (C=O) groups is 1. The van der Waals surface area contributed by atoms with E-state index in [2.05, 4.69) is 12.2 Å². The Balaban J connectivity index is 1.54. The van der Waals surface area contributed by atoms with Gasteiger partial charge in [-0.15, -0.1) is 11.3 Å². The Labute approximate surface area is 148 Å². The van der Waals surface area contributed by atoms with E-state index in [0.29, 0.717) is 42.1 Å². The van der Waals surface area contributed by atoms with Gasteiger partial charge in [-0.3, -0.25) is 4.79 Å². The first-order valence-corrected chi connectivity index (χ1v) is 11.1. The topological polar surface area (TPSA) is 66.5 Å². The van der Waals surface area contributed by atoms with Crippen molar-refractivity contribution in [3.8, 4) is 0 Å². The molecule has 1 saturated heterocycles. The van der Waals surface area contributed by atoms with Gasteiger partial charge in [-0.2, -0.15) is 4.31 Å². The minimum atomic E-state index is -3.38. The van der Waals surface area contributed by atoms with Crippen LogP contribution < -0.4 is 5.32 Å². The third-order valence-electron chi connectivity index (χ3n) is 5.35. The number of thiophene rings is 1. The van der Waals surface area contributed by atoms with Crippen molar-refractivity contribution >= 4 is 27.3 Å². The fraction of sp³-hybridized carbons (Fsp3) is 0.706. The molecule has 2 unspecified atom stereocenters. The number of sulfonamides is 1. The lowest BCUT2D eigenvalue weighted by Gasteiger charge is -2.33. The second kappa shape index (κ2) is 7.54. The van der Waals surface area contributed by atoms with Gasteiger partial charge in [0.05, 0.1) is 0 Å². The maximum Gasteiger partial charge on any atom is 0.252 e. The van der Waals surface area contributed by atoms with Crippen molar-refractivity contribution in [3.63, 3.8) is 0 Å². The number of hydrogen-bond acceptors (Lipinski definition) is 4. The molecule has 1 amide bonds. The molecule has 0 spiro atoms. The molecule has 1 aliphatic heterocycles. The number of amides is 1. The molecule has 2 fully saturated rings. The van der Waals surface area contributed by atoms with Crippen molar-refractivity contribution in [3.05, 3.63) is 17.5 Å². The fourth-order valence-electron chi connectivity index (χ4n) is 3.73. The van der Waals surface area contributed by atoms with Crippen molar-refractivity contribution in [1.29, 1.82) is 0 Å². The normalized spacial score (nSPS) is 27.0. The molecule has 0 radical (unpaired) electrons. The molecule has 1 saturated carbocycles. The molecule has 1 aromatic heterocycles. The van der Waals surface area contributed by atoms with Gasteiger partial charge in [-0.25, -0.2) is 8.42 Å². The van der Waals surface area contributed by atoms with E-state index in [1.807, 2.05) is 0 Å². The van der Waals surface area contributed by atoms with Crippen LogP contribution in [-0.4, -0.2) is 37.8 Å². The van der Waals surface area contributed by atoms with E-state index >= 15 is 0 Å². The highest BCUT2D eigenvalue weighted by atomic mass is 32.2. The molecule has 0 bridgehead atoms. The maximum absolute atomic E-state index is 12.5. The summed E-state index contributed by atoms with van der Waals surface area (Å²) in [5.74, 6) is 0.595. The third-order valence-corrected chi connectivity index (χ3v) is 8.62. The van der Waals surface area contributed by atoms with E-state index in [1.54, 1.807) is 17.5 Å². The van der Waals surface area contributed by atoms with Crippen LogP contribution in [0.1, 0.15) is 45.4 Å². The van der Waals surface area contributed by atoms with Gasteiger partial charge < -0.3 is 5.32 Å². The van der Waals surface area contributed by atoms with Crippen LogP contribution in [0.3, 0.4) is 0 Å².